The molecule has 0 atom stereocenters. The number of aryl methyl sites for hydroxylation is 3. The van der Waals surface area contributed by atoms with Crippen molar-refractivity contribution in [2.45, 2.75) is 72.1 Å². The van der Waals surface area contributed by atoms with Gasteiger partial charge in [-0.1, -0.05) is 58.4 Å². The van der Waals surface area contributed by atoms with Gasteiger partial charge in [0.25, 0.3) is 0 Å². The van der Waals surface area contributed by atoms with Gasteiger partial charge < -0.3 is 9.47 Å². The van der Waals surface area contributed by atoms with Gasteiger partial charge in [0.1, 0.15) is 5.82 Å². The van der Waals surface area contributed by atoms with Crippen molar-refractivity contribution in [3.8, 4) is 11.3 Å². The molecule has 1 aromatic carbocycles. The van der Waals surface area contributed by atoms with Gasteiger partial charge in [-0.2, -0.15) is 0 Å². The van der Waals surface area contributed by atoms with Gasteiger partial charge in [-0.25, -0.2) is 4.98 Å². The minimum absolute atomic E-state index is 1.06. The molecule has 0 bridgehead atoms. The van der Waals surface area contributed by atoms with E-state index < -0.39 is 0 Å². The Hall–Kier alpha value is -1.77. The van der Waals surface area contributed by atoms with Crippen LogP contribution in [0.5, 0.6) is 0 Å². The number of nitrogens with zero attached hydrogens (tertiary/aromatic N) is 3. The Morgan fingerprint density at radius 3 is 2.27 bits per heavy atom. The lowest BCUT2D eigenvalue weighted by Crippen LogP contribution is -2.24. The summed E-state index contributed by atoms with van der Waals surface area (Å²) in [7, 11) is 4.21. The second-order valence-corrected chi connectivity index (χ2v) is 7.57. The van der Waals surface area contributed by atoms with Gasteiger partial charge in [0.15, 0.2) is 0 Å². The van der Waals surface area contributed by atoms with E-state index in [4.69, 9.17) is 0 Å². The molecule has 0 saturated carbocycles. The van der Waals surface area contributed by atoms with Crippen LogP contribution in [0.15, 0.2) is 24.4 Å². The van der Waals surface area contributed by atoms with Crippen molar-refractivity contribution < 1.29 is 0 Å². The number of hydrogen-bond acceptors (Lipinski definition) is 2. The topological polar surface area (TPSA) is 21.1 Å². The number of hydrogen-bond donors (Lipinski definition) is 0. The fraction of sp³-hybridized carbons (Fsp3) is 0.609. The number of aromatic nitrogens is 2. The molecule has 2 aromatic rings. The lowest BCUT2D eigenvalue weighted by atomic mass is 9.99. The van der Waals surface area contributed by atoms with E-state index >= 15 is 0 Å². The average molecular weight is 356 g/mol. The SMILES string of the molecule is CCCCCCCC.Cc1nc(-c2ccc3c(c2)CCCN3C)cn1C. The van der Waals surface area contributed by atoms with Crippen LogP contribution in [0.1, 0.15) is 70.2 Å². The summed E-state index contributed by atoms with van der Waals surface area (Å²) >= 11 is 0. The lowest BCUT2D eigenvalue weighted by molar-refractivity contribution is 0.624. The second kappa shape index (κ2) is 10.4. The zero-order valence-corrected chi connectivity index (χ0v) is 17.5. The van der Waals surface area contributed by atoms with Gasteiger partial charge in [0.05, 0.1) is 5.69 Å². The molecule has 3 nitrogen and oxygen atoms in total. The highest BCUT2D eigenvalue weighted by Crippen LogP contribution is 2.30. The summed E-state index contributed by atoms with van der Waals surface area (Å²) in [5.41, 5.74) is 5.13. The Bertz CT molecular complexity index is 647. The molecule has 3 rings (SSSR count). The third-order valence-electron chi connectivity index (χ3n) is 5.29. The maximum Gasteiger partial charge on any atom is 0.105 e. The normalized spacial score (nSPS) is 13.2. The van der Waals surface area contributed by atoms with Crippen LogP contribution in [0.4, 0.5) is 5.69 Å². The number of anilines is 1. The quantitative estimate of drug-likeness (QED) is 0.580. The van der Waals surface area contributed by atoms with Crippen LogP contribution in [0, 0.1) is 6.92 Å². The molecular formula is C23H37N3. The van der Waals surface area contributed by atoms with E-state index in [1.165, 1.54) is 68.2 Å². The monoisotopic (exact) mass is 355 g/mol. The number of fused-ring (bicyclic) bond motifs is 1. The minimum atomic E-state index is 1.06. The molecule has 2 heterocycles. The molecule has 0 fully saturated rings. The van der Waals surface area contributed by atoms with E-state index in [1.807, 2.05) is 14.0 Å². The van der Waals surface area contributed by atoms with Crippen molar-refractivity contribution >= 4 is 5.69 Å². The molecule has 1 aromatic heterocycles. The highest BCUT2D eigenvalue weighted by atomic mass is 15.1. The third-order valence-corrected chi connectivity index (χ3v) is 5.29. The minimum Gasteiger partial charge on any atom is -0.374 e. The molecule has 0 N–H and O–H groups in total. The van der Waals surface area contributed by atoms with Gasteiger partial charge in [0, 0.05) is 38.1 Å². The van der Waals surface area contributed by atoms with E-state index in [0.29, 0.717) is 0 Å². The fourth-order valence-corrected chi connectivity index (χ4v) is 3.50. The Morgan fingerprint density at radius 1 is 1.00 bits per heavy atom. The molecule has 0 amide bonds. The van der Waals surface area contributed by atoms with Crippen molar-refractivity contribution in [1.82, 2.24) is 9.55 Å². The van der Waals surface area contributed by atoms with Crippen LogP contribution in [-0.2, 0) is 13.5 Å². The fourth-order valence-electron chi connectivity index (χ4n) is 3.50. The molecule has 1 aliphatic rings. The summed E-state index contributed by atoms with van der Waals surface area (Å²) in [5.74, 6) is 1.06. The van der Waals surface area contributed by atoms with Crippen LogP contribution in [0.3, 0.4) is 0 Å². The largest absolute Gasteiger partial charge is 0.374 e. The van der Waals surface area contributed by atoms with Crippen molar-refractivity contribution in [2.75, 3.05) is 18.5 Å². The lowest BCUT2D eigenvalue weighted by Gasteiger charge is -2.27. The van der Waals surface area contributed by atoms with E-state index in [0.717, 1.165) is 18.1 Å². The summed E-state index contributed by atoms with van der Waals surface area (Å²) < 4.78 is 2.07. The van der Waals surface area contributed by atoms with Crippen LogP contribution in [0.25, 0.3) is 11.3 Å². The van der Waals surface area contributed by atoms with E-state index in [2.05, 4.69) is 59.7 Å². The van der Waals surface area contributed by atoms with Gasteiger partial charge in [-0.3, -0.25) is 0 Å². The number of imidazole rings is 1. The first-order chi connectivity index (χ1) is 12.6. The van der Waals surface area contributed by atoms with Crippen LogP contribution in [-0.4, -0.2) is 23.1 Å². The zero-order chi connectivity index (χ0) is 18.9. The van der Waals surface area contributed by atoms with Crippen molar-refractivity contribution in [3.05, 3.63) is 35.8 Å². The molecule has 3 heteroatoms. The van der Waals surface area contributed by atoms with Gasteiger partial charge >= 0.3 is 0 Å². The Labute approximate surface area is 160 Å². The van der Waals surface area contributed by atoms with Gasteiger partial charge in [-0.15, -0.1) is 0 Å². The Balaban J connectivity index is 0.000000260. The molecule has 26 heavy (non-hydrogen) atoms. The highest BCUT2D eigenvalue weighted by molar-refractivity contribution is 5.67. The summed E-state index contributed by atoms with van der Waals surface area (Å²) in [6.45, 7) is 7.71. The molecular weight excluding hydrogens is 318 g/mol. The van der Waals surface area contributed by atoms with Crippen LogP contribution in [0.2, 0.25) is 0 Å². The van der Waals surface area contributed by atoms with Gasteiger partial charge in [0.2, 0.25) is 0 Å². The first kappa shape index (κ1) is 20.5. The predicted molar refractivity (Wildman–Crippen MR) is 114 cm³/mol. The molecule has 0 saturated heterocycles. The van der Waals surface area contributed by atoms with Crippen molar-refractivity contribution in [2.24, 2.45) is 7.05 Å². The predicted octanol–water partition coefficient (Wildman–Crippen LogP) is 6.14. The molecule has 0 unspecified atom stereocenters. The smallest absolute Gasteiger partial charge is 0.105 e. The second-order valence-electron chi connectivity index (χ2n) is 7.57. The summed E-state index contributed by atoms with van der Waals surface area (Å²) in [4.78, 5) is 6.94. The van der Waals surface area contributed by atoms with Gasteiger partial charge in [-0.05, 0) is 37.5 Å². The number of benzene rings is 1. The summed E-state index contributed by atoms with van der Waals surface area (Å²) in [6, 6.07) is 6.71. The van der Waals surface area contributed by atoms with E-state index in [1.54, 1.807) is 0 Å². The first-order valence-corrected chi connectivity index (χ1v) is 10.4. The van der Waals surface area contributed by atoms with Crippen LogP contribution < -0.4 is 4.90 Å². The molecule has 0 spiro atoms. The molecule has 144 valence electrons. The summed E-state index contributed by atoms with van der Waals surface area (Å²) in [5, 5.41) is 0. The zero-order valence-electron chi connectivity index (χ0n) is 17.5. The summed E-state index contributed by atoms with van der Waals surface area (Å²) in [6.07, 6.45) is 13.0. The maximum absolute atomic E-state index is 4.60. The number of unbranched alkanes of at least 4 members (excludes halogenated alkanes) is 5. The molecule has 1 aliphatic heterocycles. The molecule has 0 aliphatic carbocycles. The highest BCUT2D eigenvalue weighted by Gasteiger charge is 2.15. The standard InChI is InChI=1S/C15H19N3.C8H18/c1-11-16-14(10-18(11)3)12-6-7-15-13(9-12)5-4-8-17(15)2;1-3-5-7-8-6-4-2/h6-7,9-10H,4-5,8H2,1-3H3;3-8H2,1-2H3. The van der Waals surface area contributed by atoms with Crippen LogP contribution >= 0.6 is 0 Å². The number of rotatable bonds is 6. The molecule has 0 radical (unpaired) electrons. The van der Waals surface area contributed by atoms with E-state index in [-0.39, 0.29) is 0 Å². The van der Waals surface area contributed by atoms with Crippen molar-refractivity contribution in [3.63, 3.8) is 0 Å². The third kappa shape index (κ3) is 5.62. The van der Waals surface area contributed by atoms with E-state index in [9.17, 15) is 0 Å². The Kier molecular flexibility index (Phi) is 8.21. The first-order valence-electron chi connectivity index (χ1n) is 10.4. The Morgan fingerprint density at radius 2 is 1.69 bits per heavy atom. The average Bonchev–Trinajstić information content (AvgIpc) is 2.98. The van der Waals surface area contributed by atoms with Crippen molar-refractivity contribution in [1.29, 1.82) is 0 Å². The maximum atomic E-state index is 4.60.